The van der Waals surface area contributed by atoms with Crippen LogP contribution in [0.25, 0.3) is 0 Å². The third kappa shape index (κ3) is 5.89. The fraction of sp³-hybridized carbons (Fsp3) is 0.200. The molecule has 1 unspecified atom stereocenters. The Balaban J connectivity index is 1.39. The summed E-state index contributed by atoms with van der Waals surface area (Å²) in [5, 5.41) is 8.04. The monoisotopic (exact) mass is 461 g/mol. The third-order valence-corrected chi connectivity index (χ3v) is 5.09. The van der Waals surface area contributed by atoms with Gasteiger partial charge in [-0.2, -0.15) is 0 Å². The molecule has 0 saturated heterocycles. The second kappa shape index (κ2) is 10.5. The molecule has 1 saturated carbocycles. The number of anilines is 1. The first-order chi connectivity index (χ1) is 16.5. The van der Waals surface area contributed by atoms with Gasteiger partial charge in [0.25, 0.3) is 17.7 Å². The van der Waals surface area contributed by atoms with E-state index >= 15 is 0 Å². The van der Waals surface area contributed by atoms with Crippen molar-refractivity contribution in [2.75, 3.05) is 11.9 Å². The number of rotatable bonds is 9. The van der Waals surface area contributed by atoms with Crippen LogP contribution in [-0.4, -0.2) is 36.3 Å². The molecule has 9 nitrogen and oxygen atoms in total. The van der Waals surface area contributed by atoms with E-state index in [9.17, 15) is 19.2 Å². The molecule has 0 spiro atoms. The van der Waals surface area contributed by atoms with Crippen LogP contribution in [0.3, 0.4) is 0 Å². The molecule has 3 amide bonds. The average Bonchev–Trinajstić information content (AvgIpc) is 3.49. The highest BCUT2D eigenvalue weighted by atomic mass is 16.5. The molecule has 174 valence electrons. The van der Waals surface area contributed by atoms with Crippen LogP contribution in [0.4, 0.5) is 5.69 Å². The summed E-state index contributed by atoms with van der Waals surface area (Å²) in [5.74, 6) is -2.28. The van der Waals surface area contributed by atoms with Crippen molar-refractivity contribution in [2.24, 2.45) is 0 Å². The standard InChI is InChI=1S/C25H23N3O6/c29-21(27-19-10-5-4-9-18(19)23(30)26-17-12-13-17)15-34-25(32)22(16-7-2-1-3-8-16)28-24(31)20-11-6-14-33-20/h1-11,14,17,22H,12-13,15H2,(H,26,30)(H,27,29)(H,28,31). The molecule has 3 N–H and O–H groups in total. The predicted molar refractivity (Wildman–Crippen MR) is 122 cm³/mol. The summed E-state index contributed by atoms with van der Waals surface area (Å²) in [6, 6.07) is 17.1. The number of hydrogen-bond donors (Lipinski definition) is 3. The van der Waals surface area contributed by atoms with E-state index in [0.717, 1.165) is 12.8 Å². The van der Waals surface area contributed by atoms with Crippen molar-refractivity contribution in [1.29, 1.82) is 0 Å². The van der Waals surface area contributed by atoms with Crippen molar-refractivity contribution in [2.45, 2.75) is 24.9 Å². The minimum atomic E-state index is -1.15. The average molecular weight is 461 g/mol. The van der Waals surface area contributed by atoms with E-state index in [1.54, 1.807) is 60.7 Å². The number of hydrogen-bond acceptors (Lipinski definition) is 6. The van der Waals surface area contributed by atoms with Crippen LogP contribution >= 0.6 is 0 Å². The van der Waals surface area contributed by atoms with Crippen LogP contribution in [0.2, 0.25) is 0 Å². The molecule has 1 aliphatic rings. The first-order valence-electron chi connectivity index (χ1n) is 10.8. The number of ether oxygens (including phenoxy) is 1. The zero-order valence-corrected chi connectivity index (χ0v) is 18.2. The van der Waals surface area contributed by atoms with Crippen molar-refractivity contribution in [3.8, 4) is 0 Å². The van der Waals surface area contributed by atoms with Crippen LogP contribution in [0, 0.1) is 0 Å². The molecule has 9 heteroatoms. The molecule has 0 aliphatic heterocycles. The maximum absolute atomic E-state index is 12.8. The predicted octanol–water partition coefficient (Wildman–Crippen LogP) is 2.82. The fourth-order valence-electron chi connectivity index (χ4n) is 3.22. The Labute approximate surface area is 195 Å². The second-order valence-electron chi connectivity index (χ2n) is 7.74. The molecule has 1 aromatic heterocycles. The van der Waals surface area contributed by atoms with Gasteiger partial charge in [-0.25, -0.2) is 4.79 Å². The molecular weight excluding hydrogens is 438 g/mol. The van der Waals surface area contributed by atoms with Gasteiger partial charge >= 0.3 is 5.97 Å². The van der Waals surface area contributed by atoms with Gasteiger partial charge in [-0.15, -0.1) is 0 Å². The Kier molecular flexibility index (Phi) is 7.02. The Morgan fingerprint density at radius 1 is 0.912 bits per heavy atom. The van der Waals surface area contributed by atoms with Crippen molar-refractivity contribution in [3.63, 3.8) is 0 Å². The minimum Gasteiger partial charge on any atom is -0.459 e. The number of benzene rings is 2. The molecule has 3 aromatic rings. The number of furan rings is 1. The van der Waals surface area contributed by atoms with Crippen molar-refractivity contribution < 1.29 is 28.3 Å². The Morgan fingerprint density at radius 2 is 1.65 bits per heavy atom. The van der Waals surface area contributed by atoms with Gasteiger partial charge in [-0.1, -0.05) is 42.5 Å². The lowest BCUT2D eigenvalue weighted by atomic mass is 10.1. The molecule has 0 radical (unpaired) electrons. The largest absolute Gasteiger partial charge is 0.459 e. The topological polar surface area (TPSA) is 127 Å². The van der Waals surface area contributed by atoms with Crippen LogP contribution in [0.1, 0.15) is 45.4 Å². The summed E-state index contributed by atoms with van der Waals surface area (Å²) < 4.78 is 10.3. The Morgan fingerprint density at radius 3 is 2.35 bits per heavy atom. The third-order valence-electron chi connectivity index (χ3n) is 5.09. The number of amides is 3. The molecule has 4 rings (SSSR count). The van der Waals surface area contributed by atoms with Gasteiger partial charge in [0.2, 0.25) is 0 Å². The maximum Gasteiger partial charge on any atom is 0.333 e. The van der Waals surface area contributed by atoms with E-state index in [2.05, 4.69) is 16.0 Å². The van der Waals surface area contributed by atoms with Crippen molar-refractivity contribution in [1.82, 2.24) is 10.6 Å². The first kappa shape index (κ1) is 22.8. The van der Waals surface area contributed by atoms with E-state index < -0.39 is 30.4 Å². The fourth-order valence-corrected chi connectivity index (χ4v) is 3.22. The van der Waals surface area contributed by atoms with Crippen LogP contribution in [-0.2, 0) is 14.3 Å². The summed E-state index contributed by atoms with van der Waals surface area (Å²) in [7, 11) is 0. The van der Waals surface area contributed by atoms with Gasteiger partial charge in [-0.3, -0.25) is 14.4 Å². The van der Waals surface area contributed by atoms with Crippen LogP contribution in [0.15, 0.2) is 77.4 Å². The summed E-state index contributed by atoms with van der Waals surface area (Å²) in [6.45, 7) is -0.600. The van der Waals surface area contributed by atoms with E-state index in [1.807, 2.05) is 0 Å². The van der Waals surface area contributed by atoms with Crippen LogP contribution < -0.4 is 16.0 Å². The summed E-state index contributed by atoms with van der Waals surface area (Å²) >= 11 is 0. The lowest BCUT2D eigenvalue weighted by Gasteiger charge is -2.17. The number of carbonyl (C=O) groups is 4. The highest BCUT2D eigenvalue weighted by molar-refractivity contribution is 6.04. The van der Waals surface area contributed by atoms with Crippen molar-refractivity contribution in [3.05, 3.63) is 89.9 Å². The molecule has 1 aliphatic carbocycles. The van der Waals surface area contributed by atoms with E-state index in [1.165, 1.54) is 12.3 Å². The summed E-state index contributed by atoms with van der Waals surface area (Å²) in [6.07, 6.45) is 3.22. The van der Waals surface area contributed by atoms with E-state index in [0.29, 0.717) is 16.8 Å². The van der Waals surface area contributed by atoms with Gasteiger partial charge in [0, 0.05) is 6.04 Å². The lowest BCUT2D eigenvalue weighted by Crippen LogP contribution is -2.36. The van der Waals surface area contributed by atoms with Crippen LogP contribution in [0.5, 0.6) is 0 Å². The van der Waals surface area contributed by atoms with Gasteiger partial charge in [-0.05, 0) is 42.7 Å². The lowest BCUT2D eigenvalue weighted by molar-refractivity contribution is -0.149. The zero-order valence-electron chi connectivity index (χ0n) is 18.2. The second-order valence-corrected chi connectivity index (χ2v) is 7.74. The molecule has 34 heavy (non-hydrogen) atoms. The Hall–Kier alpha value is -4.40. The van der Waals surface area contributed by atoms with Crippen molar-refractivity contribution >= 4 is 29.4 Å². The molecule has 0 bridgehead atoms. The summed E-state index contributed by atoms with van der Waals surface area (Å²) in [5.41, 5.74) is 1.12. The van der Waals surface area contributed by atoms with Gasteiger partial charge < -0.3 is 25.1 Å². The first-order valence-corrected chi connectivity index (χ1v) is 10.8. The minimum absolute atomic E-state index is 0.0348. The number of nitrogens with one attached hydrogen (secondary N) is 3. The van der Waals surface area contributed by atoms with Gasteiger partial charge in [0.15, 0.2) is 18.4 Å². The van der Waals surface area contributed by atoms with Gasteiger partial charge in [0.1, 0.15) is 0 Å². The molecule has 2 aromatic carbocycles. The molecule has 1 atom stereocenters. The molecule has 1 heterocycles. The smallest absolute Gasteiger partial charge is 0.333 e. The normalized spacial score (nSPS) is 13.4. The quantitative estimate of drug-likeness (QED) is 0.421. The Bertz CT molecular complexity index is 1170. The summed E-state index contributed by atoms with van der Waals surface area (Å²) in [4.78, 5) is 50.1. The molecule has 1 fully saturated rings. The zero-order chi connectivity index (χ0) is 23.9. The van der Waals surface area contributed by atoms with Gasteiger partial charge in [0.05, 0.1) is 17.5 Å². The maximum atomic E-state index is 12.8. The number of esters is 1. The number of carbonyl (C=O) groups excluding carboxylic acids is 4. The molecular formula is C25H23N3O6. The van der Waals surface area contributed by atoms with E-state index in [4.69, 9.17) is 9.15 Å². The SMILES string of the molecule is O=C(COC(=O)C(NC(=O)c1ccco1)c1ccccc1)Nc1ccccc1C(=O)NC1CC1. The highest BCUT2D eigenvalue weighted by Gasteiger charge is 2.27. The van der Waals surface area contributed by atoms with E-state index in [-0.39, 0.29) is 17.7 Å². The number of para-hydroxylation sites is 1. The highest BCUT2D eigenvalue weighted by Crippen LogP contribution is 2.22.